The molecule has 0 aliphatic carbocycles. The molecule has 35 heavy (non-hydrogen) atoms. The molecule has 0 fully saturated rings. The van der Waals surface area contributed by atoms with Crippen molar-refractivity contribution in [1.82, 2.24) is 15.8 Å². The van der Waals surface area contributed by atoms with E-state index in [0.717, 1.165) is 22.0 Å². The van der Waals surface area contributed by atoms with Crippen molar-refractivity contribution in [3.8, 4) is 5.75 Å². The Morgan fingerprint density at radius 1 is 0.943 bits per heavy atom. The standard InChI is InChI=1S/C27H21N3O5/c31-25(29-30-26(32)23-15-20-5-1-2-8-21(20)27(33)35-23)19-12-10-17(11-13-19)16-34-22-9-3-6-18-7-4-14-28-24(18)22/h1-14,23H,15-16H2,(H,29,31)(H,30,32)/t23-/m1/s1. The number of carbonyl (C=O) groups is 3. The lowest BCUT2D eigenvalue weighted by Crippen LogP contribution is -2.49. The third-order valence-corrected chi connectivity index (χ3v) is 5.69. The molecule has 1 atom stereocenters. The number of nitrogens with one attached hydrogen (secondary N) is 2. The Kier molecular flexibility index (Phi) is 6.09. The highest BCUT2D eigenvalue weighted by Gasteiger charge is 2.31. The van der Waals surface area contributed by atoms with Crippen molar-refractivity contribution in [3.63, 3.8) is 0 Å². The molecule has 8 heteroatoms. The number of cyclic esters (lactones) is 1. The Labute approximate surface area is 200 Å². The number of hydrazine groups is 1. The second-order valence-corrected chi connectivity index (χ2v) is 8.02. The summed E-state index contributed by atoms with van der Waals surface area (Å²) in [6.07, 6.45) is 0.948. The maximum absolute atomic E-state index is 12.5. The second-order valence-electron chi connectivity index (χ2n) is 8.02. The van der Waals surface area contributed by atoms with Gasteiger partial charge in [0, 0.05) is 23.6 Å². The van der Waals surface area contributed by atoms with Crippen LogP contribution in [0.25, 0.3) is 10.9 Å². The number of aromatic nitrogens is 1. The van der Waals surface area contributed by atoms with E-state index >= 15 is 0 Å². The van der Waals surface area contributed by atoms with Crippen LogP contribution in [0.15, 0.2) is 85.1 Å². The fourth-order valence-corrected chi connectivity index (χ4v) is 3.85. The molecule has 2 heterocycles. The number of ether oxygens (including phenoxy) is 2. The van der Waals surface area contributed by atoms with Crippen LogP contribution in [0.1, 0.15) is 31.8 Å². The van der Waals surface area contributed by atoms with Crippen LogP contribution in [-0.4, -0.2) is 28.9 Å². The summed E-state index contributed by atoms with van der Waals surface area (Å²) in [5.41, 5.74) is 7.88. The van der Waals surface area contributed by atoms with Crippen LogP contribution in [0.5, 0.6) is 5.75 Å². The van der Waals surface area contributed by atoms with Gasteiger partial charge in [-0.05, 0) is 41.5 Å². The van der Waals surface area contributed by atoms with Gasteiger partial charge in [-0.25, -0.2) is 4.79 Å². The lowest BCUT2D eigenvalue weighted by atomic mass is 9.98. The highest BCUT2D eigenvalue weighted by atomic mass is 16.5. The van der Waals surface area contributed by atoms with E-state index in [0.29, 0.717) is 23.5 Å². The van der Waals surface area contributed by atoms with Crippen LogP contribution in [0.4, 0.5) is 0 Å². The predicted octanol–water partition coefficient (Wildman–Crippen LogP) is 3.36. The topological polar surface area (TPSA) is 107 Å². The quantitative estimate of drug-likeness (QED) is 0.344. The van der Waals surface area contributed by atoms with Gasteiger partial charge in [0.15, 0.2) is 6.10 Å². The Morgan fingerprint density at radius 3 is 2.60 bits per heavy atom. The Morgan fingerprint density at radius 2 is 1.74 bits per heavy atom. The molecule has 4 aromatic rings. The third-order valence-electron chi connectivity index (χ3n) is 5.69. The van der Waals surface area contributed by atoms with Crippen molar-refractivity contribution in [2.45, 2.75) is 19.1 Å². The van der Waals surface area contributed by atoms with E-state index in [9.17, 15) is 14.4 Å². The Bertz CT molecular complexity index is 1410. The predicted molar refractivity (Wildman–Crippen MR) is 127 cm³/mol. The monoisotopic (exact) mass is 467 g/mol. The van der Waals surface area contributed by atoms with Gasteiger partial charge in [-0.1, -0.05) is 48.5 Å². The molecule has 0 saturated heterocycles. The number of hydrogen-bond acceptors (Lipinski definition) is 6. The molecule has 5 rings (SSSR count). The van der Waals surface area contributed by atoms with Crippen LogP contribution < -0.4 is 15.6 Å². The fraction of sp³-hybridized carbons (Fsp3) is 0.111. The number of esters is 1. The van der Waals surface area contributed by atoms with Crippen molar-refractivity contribution in [2.24, 2.45) is 0 Å². The van der Waals surface area contributed by atoms with Gasteiger partial charge in [-0.2, -0.15) is 0 Å². The van der Waals surface area contributed by atoms with Crippen molar-refractivity contribution in [3.05, 3.63) is 107 Å². The van der Waals surface area contributed by atoms with Gasteiger partial charge in [0.1, 0.15) is 17.9 Å². The van der Waals surface area contributed by atoms with E-state index in [2.05, 4.69) is 15.8 Å². The van der Waals surface area contributed by atoms with E-state index in [1.165, 1.54) is 0 Å². The number of amides is 2. The van der Waals surface area contributed by atoms with Gasteiger partial charge in [-0.15, -0.1) is 0 Å². The summed E-state index contributed by atoms with van der Waals surface area (Å²) >= 11 is 0. The number of pyridine rings is 1. The van der Waals surface area contributed by atoms with Gasteiger partial charge in [0.05, 0.1) is 5.56 Å². The van der Waals surface area contributed by atoms with Gasteiger partial charge in [-0.3, -0.25) is 25.4 Å². The van der Waals surface area contributed by atoms with Crippen LogP contribution in [-0.2, 0) is 22.6 Å². The van der Waals surface area contributed by atoms with Crippen molar-refractivity contribution >= 4 is 28.7 Å². The number of fused-ring (bicyclic) bond motifs is 2. The van der Waals surface area contributed by atoms with Crippen molar-refractivity contribution < 1.29 is 23.9 Å². The van der Waals surface area contributed by atoms with Crippen LogP contribution >= 0.6 is 0 Å². The normalized spacial score (nSPS) is 14.5. The zero-order chi connectivity index (χ0) is 24.2. The maximum atomic E-state index is 12.5. The van der Waals surface area contributed by atoms with E-state index in [1.54, 1.807) is 54.7 Å². The molecule has 0 bridgehead atoms. The summed E-state index contributed by atoms with van der Waals surface area (Å²) in [6.45, 7) is 0.308. The molecular weight excluding hydrogens is 446 g/mol. The SMILES string of the molecule is O=C(NNC(=O)[C@H]1Cc2ccccc2C(=O)O1)c1ccc(COc2cccc3cccnc23)cc1. The molecule has 0 unspecified atom stereocenters. The van der Waals surface area contributed by atoms with Gasteiger partial charge in [0.25, 0.3) is 11.8 Å². The molecule has 3 aromatic carbocycles. The number of benzene rings is 3. The number of carbonyl (C=O) groups excluding carboxylic acids is 3. The molecule has 1 aliphatic rings. The number of rotatable bonds is 5. The van der Waals surface area contributed by atoms with Gasteiger partial charge >= 0.3 is 5.97 Å². The molecule has 0 radical (unpaired) electrons. The summed E-state index contributed by atoms with van der Waals surface area (Å²) in [7, 11) is 0. The summed E-state index contributed by atoms with van der Waals surface area (Å²) in [5, 5.41) is 0.992. The molecule has 8 nitrogen and oxygen atoms in total. The number of hydrogen-bond donors (Lipinski definition) is 2. The summed E-state index contributed by atoms with van der Waals surface area (Å²) in [4.78, 5) is 41.4. The van der Waals surface area contributed by atoms with E-state index < -0.39 is 23.9 Å². The van der Waals surface area contributed by atoms with Gasteiger partial charge < -0.3 is 9.47 Å². The molecular formula is C27H21N3O5. The molecule has 0 spiro atoms. The number of para-hydroxylation sites is 1. The first kappa shape index (κ1) is 22.1. The Balaban J connectivity index is 1.15. The summed E-state index contributed by atoms with van der Waals surface area (Å²) < 4.78 is 11.1. The highest BCUT2D eigenvalue weighted by molar-refractivity contribution is 5.98. The molecule has 1 aliphatic heterocycles. The van der Waals surface area contributed by atoms with E-state index in [-0.39, 0.29) is 6.42 Å². The first-order chi connectivity index (χ1) is 17.1. The minimum Gasteiger partial charge on any atom is -0.487 e. The lowest BCUT2D eigenvalue weighted by molar-refractivity contribution is -0.131. The van der Waals surface area contributed by atoms with E-state index in [4.69, 9.17) is 9.47 Å². The summed E-state index contributed by atoms with van der Waals surface area (Å²) in [5.74, 6) is -0.976. The lowest BCUT2D eigenvalue weighted by Gasteiger charge is -2.23. The van der Waals surface area contributed by atoms with Crippen LogP contribution in [0.3, 0.4) is 0 Å². The van der Waals surface area contributed by atoms with Crippen LogP contribution in [0, 0.1) is 0 Å². The van der Waals surface area contributed by atoms with Gasteiger partial charge in [0.2, 0.25) is 0 Å². The molecule has 174 valence electrons. The molecule has 2 amide bonds. The second kappa shape index (κ2) is 9.64. The van der Waals surface area contributed by atoms with E-state index in [1.807, 2.05) is 30.3 Å². The first-order valence-electron chi connectivity index (χ1n) is 11.0. The zero-order valence-corrected chi connectivity index (χ0v) is 18.6. The first-order valence-corrected chi connectivity index (χ1v) is 11.0. The highest BCUT2D eigenvalue weighted by Crippen LogP contribution is 2.24. The maximum Gasteiger partial charge on any atom is 0.339 e. The molecule has 2 N–H and O–H groups in total. The average Bonchev–Trinajstić information content (AvgIpc) is 2.90. The summed E-state index contributed by atoms with van der Waals surface area (Å²) in [6, 6.07) is 23.4. The fourth-order valence-electron chi connectivity index (χ4n) is 3.85. The largest absolute Gasteiger partial charge is 0.487 e. The smallest absolute Gasteiger partial charge is 0.339 e. The molecule has 1 aromatic heterocycles. The molecule has 0 saturated carbocycles. The number of nitrogens with zero attached hydrogens (tertiary/aromatic N) is 1. The third kappa shape index (κ3) is 4.81. The van der Waals surface area contributed by atoms with Crippen molar-refractivity contribution in [1.29, 1.82) is 0 Å². The Hall–Kier alpha value is -4.72. The minimum atomic E-state index is -1.01. The van der Waals surface area contributed by atoms with Crippen LogP contribution in [0.2, 0.25) is 0 Å². The zero-order valence-electron chi connectivity index (χ0n) is 18.6. The minimum absolute atomic E-state index is 0.241. The van der Waals surface area contributed by atoms with Crippen molar-refractivity contribution in [2.75, 3.05) is 0 Å². The average molecular weight is 467 g/mol.